The number of thiocarbonyl (C=S) groups is 1. The summed E-state index contributed by atoms with van der Waals surface area (Å²) < 4.78 is 21.0. The smallest absolute Gasteiger partial charge is 0.175 e. The highest BCUT2D eigenvalue weighted by Crippen LogP contribution is 2.27. The molecule has 6 nitrogen and oxygen atoms in total. The van der Waals surface area contributed by atoms with Crippen LogP contribution in [-0.2, 0) is 0 Å². The van der Waals surface area contributed by atoms with Gasteiger partial charge in [-0.3, -0.25) is 0 Å². The van der Waals surface area contributed by atoms with Crippen molar-refractivity contribution in [1.82, 2.24) is 0 Å². The molecule has 0 aliphatic heterocycles. The lowest BCUT2D eigenvalue weighted by Crippen LogP contribution is -2.19. The minimum atomic E-state index is 0.417. The van der Waals surface area contributed by atoms with Crippen LogP contribution < -0.4 is 29.6 Å². The molecule has 0 saturated heterocycles. The Morgan fingerprint density at radius 2 is 0.917 bits per heavy atom. The first kappa shape index (κ1) is 17.7. The number of rotatable bonds is 6. The predicted octanol–water partition coefficient (Wildman–Crippen LogP) is 3.53. The van der Waals surface area contributed by atoms with Crippen LogP contribution in [0.5, 0.6) is 23.0 Å². The highest BCUT2D eigenvalue weighted by atomic mass is 32.1. The van der Waals surface area contributed by atoms with Gasteiger partial charge >= 0.3 is 0 Å². The number of nitrogens with one attached hydrogen (secondary N) is 2. The van der Waals surface area contributed by atoms with Crippen LogP contribution in [0.4, 0.5) is 11.4 Å². The molecule has 7 heteroatoms. The van der Waals surface area contributed by atoms with Crippen molar-refractivity contribution in [1.29, 1.82) is 0 Å². The Bertz CT molecular complexity index is 618. The van der Waals surface area contributed by atoms with Crippen LogP contribution in [0.25, 0.3) is 0 Å². The first-order valence-corrected chi connectivity index (χ1v) is 7.53. The summed E-state index contributed by atoms with van der Waals surface area (Å²) in [7, 11) is 6.38. The van der Waals surface area contributed by atoms with E-state index >= 15 is 0 Å². The van der Waals surface area contributed by atoms with Crippen LogP contribution >= 0.6 is 12.2 Å². The van der Waals surface area contributed by atoms with E-state index in [0.29, 0.717) is 28.1 Å². The largest absolute Gasteiger partial charge is 0.497 e. The summed E-state index contributed by atoms with van der Waals surface area (Å²) in [6.45, 7) is 0. The quantitative estimate of drug-likeness (QED) is 0.774. The average Bonchev–Trinajstić information content (AvgIpc) is 2.60. The summed E-state index contributed by atoms with van der Waals surface area (Å²) in [5, 5.41) is 6.60. The molecule has 0 unspecified atom stereocenters. The van der Waals surface area contributed by atoms with Gasteiger partial charge in [-0.1, -0.05) is 0 Å². The van der Waals surface area contributed by atoms with E-state index in [1.54, 1.807) is 40.6 Å². The van der Waals surface area contributed by atoms with Gasteiger partial charge in [-0.05, 0) is 12.2 Å². The van der Waals surface area contributed by atoms with Crippen molar-refractivity contribution in [2.75, 3.05) is 39.1 Å². The van der Waals surface area contributed by atoms with E-state index in [-0.39, 0.29) is 0 Å². The van der Waals surface area contributed by atoms with Gasteiger partial charge in [-0.2, -0.15) is 0 Å². The Balaban J connectivity index is 2.13. The lowest BCUT2D eigenvalue weighted by atomic mass is 10.2. The fraction of sp³-hybridized carbons (Fsp3) is 0.235. The monoisotopic (exact) mass is 348 g/mol. The Morgan fingerprint density at radius 1 is 0.625 bits per heavy atom. The number of ether oxygens (including phenoxy) is 4. The van der Waals surface area contributed by atoms with Gasteiger partial charge in [-0.15, -0.1) is 0 Å². The van der Waals surface area contributed by atoms with Gasteiger partial charge in [0.05, 0.1) is 28.4 Å². The van der Waals surface area contributed by atoms with E-state index < -0.39 is 0 Å². The second-order valence-corrected chi connectivity index (χ2v) is 5.19. The Hall–Kier alpha value is -2.67. The highest BCUT2D eigenvalue weighted by molar-refractivity contribution is 7.80. The number of anilines is 2. The maximum absolute atomic E-state index is 5.35. The highest BCUT2D eigenvalue weighted by Gasteiger charge is 2.06. The summed E-state index contributed by atoms with van der Waals surface area (Å²) >= 11 is 5.35. The topological polar surface area (TPSA) is 61.0 Å². The molecule has 2 aromatic carbocycles. The molecule has 2 aromatic rings. The van der Waals surface area contributed by atoms with Crippen molar-refractivity contribution in [2.24, 2.45) is 0 Å². The normalized spacial score (nSPS) is 9.83. The molecule has 2 rings (SSSR count). The third-order valence-corrected chi connectivity index (χ3v) is 3.42. The van der Waals surface area contributed by atoms with Crippen LogP contribution in [0.15, 0.2) is 36.4 Å². The summed E-state index contributed by atoms with van der Waals surface area (Å²) in [6.07, 6.45) is 0. The number of methoxy groups -OCH3 is 4. The van der Waals surface area contributed by atoms with E-state index in [4.69, 9.17) is 31.2 Å². The molecule has 0 aliphatic rings. The molecule has 0 atom stereocenters. The van der Waals surface area contributed by atoms with Crippen molar-refractivity contribution in [2.45, 2.75) is 0 Å². The Kier molecular flexibility index (Phi) is 6.08. The summed E-state index contributed by atoms with van der Waals surface area (Å²) in [5.41, 5.74) is 1.50. The van der Waals surface area contributed by atoms with E-state index in [1.165, 1.54) is 0 Å². The average molecular weight is 348 g/mol. The molecule has 0 bridgehead atoms. The second kappa shape index (κ2) is 8.26. The lowest BCUT2D eigenvalue weighted by molar-refractivity contribution is 0.394. The van der Waals surface area contributed by atoms with Gasteiger partial charge in [0.15, 0.2) is 5.11 Å². The molecule has 2 N–H and O–H groups in total. The third-order valence-electron chi connectivity index (χ3n) is 3.22. The summed E-state index contributed by atoms with van der Waals surface area (Å²) in [6, 6.07) is 10.9. The Labute approximate surface area is 146 Å². The number of benzene rings is 2. The molecule has 0 aliphatic carbocycles. The predicted molar refractivity (Wildman–Crippen MR) is 98.9 cm³/mol. The molecule has 0 fully saturated rings. The van der Waals surface area contributed by atoms with Crippen LogP contribution in [0, 0.1) is 0 Å². The van der Waals surface area contributed by atoms with Gasteiger partial charge in [0.1, 0.15) is 23.0 Å². The zero-order valence-electron chi connectivity index (χ0n) is 14.0. The molecule has 0 saturated carbocycles. The minimum absolute atomic E-state index is 0.417. The van der Waals surface area contributed by atoms with Crippen LogP contribution in [0.1, 0.15) is 0 Å². The zero-order chi connectivity index (χ0) is 17.5. The molecule has 0 radical (unpaired) electrons. The van der Waals surface area contributed by atoms with Crippen molar-refractivity contribution < 1.29 is 18.9 Å². The van der Waals surface area contributed by atoms with Crippen LogP contribution in [-0.4, -0.2) is 33.6 Å². The molecular formula is C17H20N2O4S. The van der Waals surface area contributed by atoms with Crippen molar-refractivity contribution in [3.8, 4) is 23.0 Å². The van der Waals surface area contributed by atoms with Crippen LogP contribution in [0.2, 0.25) is 0 Å². The van der Waals surface area contributed by atoms with Crippen LogP contribution in [0.3, 0.4) is 0 Å². The van der Waals surface area contributed by atoms with E-state index in [9.17, 15) is 0 Å². The van der Waals surface area contributed by atoms with Crippen molar-refractivity contribution in [3.63, 3.8) is 0 Å². The van der Waals surface area contributed by atoms with Crippen molar-refractivity contribution >= 4 is 28.7 Å². The van der Waals surface area contributed by atoms with E-state index in [1.807, 2.05) is 24.3 Å². The number of hydrogen-bond donors (Lipinski definition) is 2. The molecule has 128 valence electrons. The van der Waals surface area contributed by atoms with E-state index in [0.717, 1.165) is 11.4 Å². The standard InChI is InChI=1S/C17H20N2O4S/c1-20-13-5-11(6-14(9-13)21-2)18-17(24)19-12-7-15(22-3)10-16(8-12)23-4/h5-10H,1-4H3,(H2,18,19,24). The molecular weight excluding hydrogens is 328 g/mol. The van der Waals surface area contributed by atoms with E-state index in [2.05, 4.69) is 10.6 Å². The van der Waals surface area contributed by atoms with Crippen molar-refractivity contribution in [3.05, 3.63) is 36.4 Å². The maximum Gasteiger partial charge on any atom is 0.175 e. The third kappa shape index (κ3) is 4.66. The molecule has 0 amide bonds. The molecule has 0 spiro atoms. The lowest BCUT2D eigenvalue weighted by Gasteiger charge is -2.14. The second-order valence-electron chi connectivity index (χ2n) is 4.78. The molecule has 0 heterocycles. The zero-order valence-corrected chi connectivity index (χ0v) is 14.8. The fourth-order valence-corrected chi connectivity index (χ4v) is 2.29. The fourth-order valence-electron chi connectivity index (χ4n) is 2.05. The van der Waals surface area contributed by atoms with Gasteiger partial charge in [-0.25, -0.2) is 0 Å². The summed E-state index contributed by atoms with van der Waals surface area (Å²) in [4.78, 5) is 0. The molecule has 24 heavy (non-hydrogen) atoms. The number of hydrogen-bond acceptors (Lipinski definition) is 5. The Morgan fingerprint density at radius 3 is 1.17 bits per heavy atom. The van der Waals surface area contributed by atoms with Gasteiger partial charge in [0, 0.05) is 47.8 Å². The summed E-state index contributed by atoms with van der Waals surface area (Å²) in [5.74, 6) is 2.68. The van der Waals surface area contributed by atoms with Gasteiger partial charge < -0.3 is 29.6 Å². The first-order valence-electron chi connectivity index (χ1n) is 7.12. The molecule has 0 aromatic heterocycles. The van der Waals surface area contributed by atoms with Gasteiger partial charge in [0.2, 0.25) is 0 Å². The SMILES string of the molecule is COc1cc(NC(=S)Nc2cc(OC)cc(OC)c2)cc(OC)c1. The maximum atomic E-state index is 5.35. The minimum Gasteiger partial charge on any atom is -0.497 e. The first-order chi connectivity index (χ1) is 11.6. The van der Waals surface area contributed by atoms with Gasteiger partial charge in [0.25, 0.3) is 0 Å².